The summed E-state index contributed by atoms with van der Waals surface area (Å²) in [5.41, 5.74) is -0.124. The molecule has 0 heterocycles. The van der Waals surface area contributed by atoms with Gasteiger partial charge in [0.15, 0.2) is 0 Å². The largest absolute Gasteiger partial charge is 0.493 e. The average molecular weight is 365 g/mol. The van der Waals surface area contributed by atoms with Crippen LogP contribution < -0.4 is 10.1 Å². The van der Waals surface area contributed by atoms with Gasteiger partial charge in [0.05, 0.1) is 13.7 Å². The smallest absolute Gasteiger partial charge is 0.341 e. The fraction of sp³-hybridized carbons (Fsp3) is 0.600. The van der Waals surface area contributed by atoms with Crippen molar-refractivity contribution in [2.24, 2.45) is 0 Å². The topological polar surface area (TPSA) is 73.9 Å². The Morgan fingerprint density at radius 1 is 1.15 bits per heavy atom. The molecule has 0 unspecified atom stereocenters. The summed E-state index contributed by atoms with van der Waals surface area (Å²) in [5, 5.41) is 2.84. The number of carbonyl (C=O) groups is 2. The predicted octanol–water partition coefficient (Wildman–Crippen LogP) is 4.19. The Bertz CT molecular complexity index is 594. The molecule has 146 valence electrons. The number of hydrogen-bond acceptors (Lipinski definition) is 5. The van der Waals surface area contributed by atoms with Crippen LogP contribution in [0.1, 0.15) is 63.7 Å². The van der Waals surface area contributed by atoms with E-state index in [-0.39, 0.29) is 11.5 Å². The van der Waals surface area contributed by atoms with Crippen LogP contribution in [0.3, 0.4) is 0 Å². The molecule has 0 aliphatic rings. The van der Waals surface area contributed by atoms with E-state index in [2.05, 4.69) is 12.2 Å². The molecule has 1 amide bonds. The summed E-state index contributed by atoms with van der Waals surface area (Å²) < 4.78 is 16.2. The minimum atomic E-state index is -0.911. The van der Waals surface area contributed by atoms with Crippen molar-refractivity contribution in [1.29, 1.82) is 0 Å². The van der Waals surface area contributed by atoms with Gasteiger partial charge in [-0.2, -0.15) is 0 Å². The molecule has 0 saturated heterocycles. The number of esters is 1. The third kappa shape index (κ3) is 6.02. The van der Waals surface area contributed by atoms with Crippen molar-refractivity contribution in [2.75, 3.05) is 25.6 Å². The zero-order valence-electron chi connectivity index (χ0n) is 16.5. The highest BCUT2D eigenvalue weighted by Crippen LogP contribution is 2.26. The SMILES string of the molecule is CCCCOc1ccc(NC(=O)[C@](C)(CCC)OCC)cc1C(=O)OC. The summed E-state index contributed by atoms with van der Waals surface area (Å²) in [6.45, 7) is 8.67. The van der Waals surface area contributed by atoms with E-state index >= 15 is 0 Å². The molecule has 0 radical (unpaired) electrons. The number of anilines is 1. The number of amides is 1. The summed E-state index contributed by atoms with van der Waals surface area (Å²) in [5.74, 6) is -0.296. The fourth-order valence-corrected chi connectivity index (χ4v) is 2.64. The molecule has 1 rings (SSSR count). The molecule has 0 spiro atoms. The van der Waals surface area contributed by atoms with Gasteiger partial charge in [-0.15, -0.1) is 0 Å². The Kier molecular flexibility index (Phi) is 9.13. The zero-order chi connectivity index (χ0) is 19.6. The number of methoxy groups -OCH3 is 1. The van der Waals surface area contributed by atoms with Gasteiger partial charge in [0.25, 0.3) is 5.91 Å². The molecule has 26 heavy (non-hydrogen) atoms. The summed E-state index contributed by atoms with van der Waals surface area (Å²) >= 11 is 0. The zero-order valence-corrected chi connectivity index (χ0v) is 16.5. The first-order valence-corrected chi connectivity index (χ1v) is 9.22. The Morgan fingerprint density at radius 3 is 2.46 bits per heavy atom. The summed E-state index contributed by atoms with van der Waals surface area (Å²) in [4.78, 5) is 24.7. The lowest BCUT2D eigenvalue weighted by molar-refractivity contribution is -0.139. The summed E-state index contributed by atoms with van der Waals surface area (Å²) in [7, 11) is 1.32. The standard InChI is InChI=1S/C20H31NO5/c1-6-9-13-25-17-11-10-15(14-16(17)18(22)24-5)21-19(23)20(4,12-7-2)26-8-3/h10-11,14H,6-9,12-13H2,1-5H3,(H,21,23)/t20-/m0/s1. The van der Waals surface area contributed by atoms with Crippen LogP contribution in [0.25, 0.3) is 0 Å². The Balaban J connectivity index is 3.02. The molecular formula is C20H31NO5. The highest BCUT2D eigenvalue weighted by atomic mass is 16.5. The number of carbonyl (C=O) groups excluding carboxylic acids is 2. The lowest BCUT2D eigenvalue weighted by atomic mass is 9.99. The van der Waals surface area contributed by atoms with E-state index in [4.69, 9.17) is 14.2 Å². The van der Waals surface area contributed by atoms with Crippen LogP contribution in [0.4, 0.5) is 5.69 Å². The first kappa shape index (κ1) is 22.0. The van der Waals surface area contributed by atoms with Crippen molar-refractivity contribution in [3.05, 3.63) is 23.8 Å². The van der Waals surface area contributed by atoms with Gasteiger partial charge in [-0.3, -0.25) is 4.79 Å². The van der Waals surface area contributed by atoms with Crippen molar-refractivity contribution in [3.63, 3.8) is 0 Å². The van der Waals surface area contributed by atoms with Crippen LogP contribution in [0.15, 0.2) is 18.2 Å². The minimum Gasteiger partial charge on any atom is -0.493 e. The van der Waals surface area contributed by atoms with Gasteiger partial charge in [-0.1, -0.05) is 26.7 Å². The van der Waals surface area contributed by atoms with Crippen molar-refractivity contribution in [2.45, 2.75) is 59.0 Å². The van der Waals surface area contributed by atoms with Gasteiger partial charge in [0.2, 0.25) is 0 Å². The van der Waals surface area contributed by atoms with Gasteiger partial charge < -0.3 is 19.5 Å². The number of ether oxygens (including phenoxy) is 3. The maximum absolute atomic E-state index is 12.7. The molecule has 1 aromatic rings. The lowest BCUT2D eigenvalue weighted by Gasteiger charge is -2.28. The van der Waals surface area contributed by atoms with Gasteiger partial charge in [-0.05, 0) is 44.9 Å². The second-order valence-corrected chi connectivity index (χ2v) is 6.27. The highest BCUT2D eigenvalue weighted by Gasteiger charge is 2.33. The van der Waals surface area contributed by atoms with Crippen LogP contribution >= 0.6 is 0 Å². The van der Waals surface area contributed by atoms with Crippen LogP contribution in [0, 0.1) is 0 Å². The van der Waals surface area contributed by atoms with Crippen molar-refractivity contribution in [1.82, 2.24) is 0 Å². The molecule has 0 aliphatic heterocycles. The maximum Gasteiger partial charge on any atom is 0.341 e. The van der Waals surface area contributed by atoms with E-state index in [1.165, 1.54) is 7.11 Å². The fourth-order valence-electron chi connectivity index (χ4n) is 2.64. The molecule has 6 nitrogen and oxygen atoms in total. The summed E-state index contributed by atoms with van der Waals surface area (Å²) in [6, 6.07) is 4.96. The number of benzene rings is 1. The molecule has 1 atom stereocenters. The predicted molar refractivity (Wildman–Crippen MR) is 102 cm³/mol. The van der Waals surface area contributed by atoms with E-state index in [0.717, 1.165) is 19.3 Å². The number of nitrogens with one attached hydrogen (secondary N) is 1. The second kappa shape index (κ2) is 10.8. The van der Waals surface area contributed by atoms with Gasteiger partial charge in [0.1, 0.15) is 16.9 Å². The number of unbranched alkanes of at least 4 members (excludes halogenated alkanes) is 1. The van der Waals surface area contributed by atoms with E-state index in [9.17, 15) is 9.59 Å². The molecule has 1 aromatic carbocycles. The molecule has 0 saturated carbocycles. The third-order valence-electron chi connectivity index (χ3n) is 4.07. The first-order chi connectivity index (χ1) is 12.4. The maximum atomic E-state index is 12.7. The van der Waals surface area contributed by atoms with Crippen molar-refractivity contribution >= 4 is 17.6 Å². The Hall–Kier alpha value is -2.08. The highest BCUT2D eigenvalue weighted by molar-refractivity contribution is 5.99. The van der Waals surface area contributed by atoms with E-state index in [0.29, 0.717) is 31.1 Å². The molecule has 0 bridgehead atoms. The van der Waals surface area contributed by atoms with Gasteiger partial charge >= 0.3 is 5.97 Å². The monoisotopic (exact) mass is 365 g/mol. The van der Waals surface area contributed by atoms with E-state index in [1.54, 1.807) is 25.1 Å². The Labute approximate surface area is 156 Å². The Morgan fingerprint density at radius 2 is 1.88 bits per heavy atom. The van der Waals surface area contributed by atoms with Crippen molar-refractivity contribution in [3.8, 4) is 5.75 Å². The molecule has 0 aromatic heterocycles. The van der Waals surface area contributed by atoms with Gasteiger partial charge in [-0.25, -0.2) is 4.79 Å². The molecule has 0 aliphatic carbocycles. The number of rotatable bonds is 11. The molecule has 6 heteroatoms. The van der Waals surface area contributed by atoms with Crippen LogP contribution in [-0.2, 0) is 14.3 Å². The lowest BCUT2D eigenvalue weighted by Crippen LogP contribution is -2.42. The van der Waals surface area contributed by atoms with Gasteiger partial charge in [0, 0.05) is 12.3 Å². The second-order valence-electron chi connectivity index (χ2n) is 6.27. The molecular weight excluding hydrogens is 334 g/mol. The van der Waals surface area contributed by atoms with Crippen LogP contribution in [-0.4, -0.2) is 37.8 Å². The van der Waals surface area contributed by atoms with Crippen LogP contribution in [0.2, 0.25) is 0 Å². The average Bonchev–Trinajstić information content (AvgIpc) is 2.62. The van der Waals surface area contributed by atoms with Crippen LogP contribution in [0.5, 0.6) is 5.75 Å². The van der Waals surface area contributed by atoms with E-state index in [1.807, 2.05) is 13.8 Å². The number of hydrogen-bond donors (Lipinski definition) is 1. The molecule has 1 N–H and O–H groups in total. The first-order valence-electron chi connectivity index (χ1n) is 9.22. The van der Waals surface area contributed by atoms with Crippen molar-refractivity contribution < 1.29 is 23.8 Å². The molecule has 0 fully saturated rings. The normalized spacial score (nSPS) is 13.0. The minimum absolute atomic E-state index is 0.239. The third-order valence-corrected chi connectivity index (χ3v) is 4.07. The summed E-state index contributed by atoms with van der Waals surface area (Å²) in [6.07, 6.45) is 3.31. The van der Waals surface area contributed by atoms with E-state index < -0.39 is 11.6 Å². The quantitative estimate of drug-likeness (QED) is 0.470.